The number of nitrogens with one attached hydrogen (secondary N) is 1. The van der Waals surface area contributed by atoms with Crippen molar-refractivity contribution in [3.63, 3.8) is 0 Å². The fraction of sp³-hybridized carbons (Fsp3) is 0.300. The molecule has 16 heavy (non-hydrogen) atoms. The number of hydrogen-bond donors (Lipinski definition) is 1. The normalized spacial score (nSPS) is 10.2. The fourth-order valence-electron chi connectivity index (χ4n) is 1.27. The van der Waals surface area contributed by atoms with E-state index >= 15 is 0 Å². The summed E-state index contributed by atoms with van der Waals surface area (Å²) in [5.74, 6) is 0.537. The molecule has 0 fully saturated rings. The molecule has 0 saturated heterocycles. The van der Waals surface area contributed by atoms with Gasteiger partial charge in [0.15, 0.2) is 0 Å². The summed E-state index contributed by atoms with van der Waals surface area (Å²) in [7, 11) is 0. The maximum absolute atomic E-state index is 6.91. The lowest BCUT2D eigenvalue weighted by atomic mass is 10.3. The van der Waals surface area contributed by atoms with E-state index in [1.165, 1.54) is 11.0 Å². The third-order valence-electron chi connectivity index (χ3n) is 2.05. The summed E-state index contributed by atoms with van der Waals surface area (Å²) in [5.41, 5.74) is 0.723. The molecule has 6 heteroatoms. The second kappa shape index (κ2) is 5.11. The number of aromatic nitrogens is 5. The summed E-state index contributed by atoms with van der Waals surface area (Å²) >= 11 is 0. The summed E-state index contributed by atoms with van der Waals surface area (Å²) in [6, 6.07) is 5.58. The van der Waals surface area contributed by atoms with Gasteiger partial charge >= 0.3 is 0 Å². The molecule has 6 nitrogen and oxygen atoms in total. The lowest BCUT2D eigenvalue weighted by Gasteiger charge is -1.94. The topological polar surface area (TPSA) is 80.3 Å². The number of unbranched alkanes of at least 4 members (excludes halogenated alkanes) is 1. The van der Waals surface area contributed by atoms with E-state index in [4.69, 9.17) is 5.41 Å². The molecule has 1 N–H and O–H groups in total. The number of nitrogens with zero attached hydrogens (tertiary/aromatic N) is 5. The van der Waals surface area contributed by atoms with E-state index in [9.17, 15) is 0 Å². The van der Waals surface area contributed by atoms with Gasteiger partial charge in [0.05, 0.1) is 6.54 Å². The van der Waals surface area contributed by atoms with E-state index in [0.717, 1.165) is 18.5 Å². The molecule has 0 unspecified atom stereocenters. The van der Waals surface area contributed by atoms with Crippen LogP contribution in [0.25, 0.3) is 11.5 Å². The van der Waals surface area contributed by atoms with Crippen molar-refractivity contribution in [2.24, 2.45) is 0 Å². The quantitative estimate of drug-likeness (QED) is 0.600. The van der Waals surface area contributed by atoms with Crippen LogP contribution < -0.4 is 0 Å². The van der Waals surface area contributed by atoms with Gasteiger partial charge in [0.1, 0.15) is 5.69 Å². The molecular weight excluding hydrogens is 204 g/mol. The van der Waals surface area contributed by atoms with Crippen LogP contribution in [0.4, 0.5) is 0 Å². The van der Waals surface area contributed by atoms with Crippen molar-refractivity contribution in [1.29, 1.82) is 5.41 Å². The van der Waals surface area contributed by atoms with Crippen molar-refractivity contribution in [3.05, 3.63) is 24.4 Å². The Morgan fingerprint density at radius 2 is 2.31 bits per heavy atom. The largest absolute Gasteiger partial charge is 0.313 e. The smallest absolute Gasteiger partial charge is 0.223 e. The maximum Gasteiger partial charge on any atom is 0.223 e. The van der Waals surface area contributed by atoms with Crippen molar-refractivity contribution in [2.75, 3.05) is 0 Å². The van der Waals surface area contributed by atoms with Gasteiger partial charge in [0.25, 0.3) is 0 Å². The minimum absolute atomic E-state index is 0.537. The number of hydrogen-bond acceptors (Lipinski definition) is 5. The SMILES string of the molecule is N=CCCCn1nnc(-c2ccccn2)n1. The van der Waals surface area contributed by atoms with E-state index in [1.54, 1.807) is 6.20 Å². The van der Waals surface area contributed by atoms with Crippen LogP contribution in [-0.2, 0) is 6.54 Å². The number of tetrazole rings is 1. The van der Waals surface area contributed by atoms with E-state index in [2.05, 4.69) is 20.4 Å². The highest BCUT2D eigenvalue weighted by atomic mass is 15.6. The average Bonchev–Trinajstić information content (AvgIpc) is 2.79. The highest BCUT2D eigenvalue weighted by Gasteiger charge is 2.05. The van der Waals surface area contributed by atoms with Gasteiger partial charge in [-0.05, 0) is 36.4 Å². The third-order valence-corrected chi connectivity index (χ3v) is 2.05. The van der Waals surface area contributed by atoms with Crippen LogP contribution in [0.2, 0.25) is 0 Å². The molecule has 0 aromatic carbocycles. The van der Waals surface area contributed by atoms with Gasteiger partial charge in [-0.2, -0.15) is 4.80 Å². The zero-order valence-corrected chi connectivity index (χ0v) is 8.74. The first-order valence-corrected chi connectivity index (χ1v) is 5.08. The first-order valence-electron chi connectivity index (χ1n) is 5.08. The Labute approximate surface area is 92.8 Å². The summed E-state index contributed by atoms with van der Waals surface area (Å²) in [4.78, 5) is 5.68. The molecule has 82 valence electrons. The fourth-order valence-corrected chi connectivity index (χ4v) is 1.27. The van der Waals surface area contributed by atoms with Crippen LogP contribution in [0.1, 0.15) is 12.8 Å². The average molecular weight is 216 g/mol. The highest BCUT2D eigenvalue weighted by molar-refractivity contribution is 5.52. The molecule has 0 bridgehead atoms. The molecule has 2 heterocycles. The van der Waals surface area contributed by atoms with Crippen LogP contribution in [0.3, 0.4) is 0 Å². The predicted octanol–water partition coefficient (Wildman–Crippen LogP) is 1.16. The van der Waals surface area contributed by atoms with Crippen LogP contribution in [-0.4, -0.2) is 31.4 Å². The van der Waals surface area contributed by atoms with E-state index in [1.807, 2.05) is 18.2 Å². The summed E-state index contributed by atoms with van der Waals surface area (Å²) in [6.07, 6.45) is 4.67. The van der Waals surface area contributed by atoms with Crippen molar-refractivity contribution in [1.82, 2.24) is 25.2 Å². The minimum Gasteiger partial charge on any atom is -0.313 e. The Bertz CT molecular complexity index is 449. The van der Waals surface area contributed by atoms with E-state index < -0.39 is 0 Å². The molecule has 0 amide bonds. The van der Waals surface area contributed by atoms with Gasteiger partial charge in [-0.15, -0.1) is 10.2 Å². The monoisotopic (exact) mass is 216 g/mol. The first-order chi connectivity index (χ1) is 7.90. The second-order valence-corrected chi connectivity index (χ2v) is 3.27. The molecule has 2 rings (SSSR count). The number of rotatable bonds is 5. The minimum atomic E-state index is 0.537. The van der Waals surface area contributed by atoms with Crippen LogP contribution in [0, 0.1) is 5.41 Å². The Kier molecular flexibility index (Phi) is 3.32. The van der Waals surface area contributed by atoms with E-state index in [-0.39, 0.29) is 0 Å². The first kappa shape index (κ1) is 10.4. The van der Waals surface area contributed by atoms with Crippen LogP contribution in [0.15, 0.2) is 24.4 Å². The zero-order valence-electron chi connectivity index (χ0n) is 8.74. The highest BCUT2D eigenvalue weighted by Crippen LogP contribution is 2.08. The predicted molar refractivity (Wildman–Crippen MR) is 59.1 cm³/mol. The zero-order chi connectivity index (χ0) is 11.2. The third kappa shape index (κ3) is 2.47. The number of pyridine rings is 1. The van der Waals surface area contributed by atoms with Gasteiger partial charge < -0.3 is 5.41 Å². The maximum atomic E-state index is 6.91. The lowest BCUT2D eigenvalue weighted by molar-refractivity contribution is 0.507. The molecule has 0 saturated carbocycles. The second-order valence-electron chi connectivity index (χ2n) is 3.27. The van der Waals surface area contributed by atoms with Gasteiger partial charge in [-0.3, -0.25) is 4.98 Å². The van der Waals surface area contributed by atoms with Gasteiger partial charge in [0, 0.05) is 6.20 Å². The van der Waals surface area contributed by atoms with Crippen molar-refractivity contribution in [3.8, 4) is 11.5 Å². The Morgan fingerprint density at radius 3 is 3.06 bits per heavy atom. The Morgan fingerprint density at radius 1 is 1.38 bits per heavy atom. The summed E-state index contributed by atoms with van der Waals surface area (Å²) in [5, 5.41) is 19.0. The van der Waals surface area contributed by atoms with E-state index in [0.29, 0.717) is 12.4 Å². The van der Waals surface area contributed by atoms with Crippen LogP contribution >= 0.6 is 0 Å². The summed E-state index contributed by atoms with van der Waals surface area (Å²) in [6.45, 7) is 0.676. The molecule has 0 aliphatic carbocycles. The molecule has 0 atom stereocenters. The van der Waals surface area contributed by atoms with Crippen molar-refractivity contribution in [2.45, 2.75) is 19.4 Å². The molecular formula is C10H12N6. The number of aryl methyl sites for hydroxylation is 1. The lowest BCUT2D eigenvalue weighted by Crippen LogP contribution is -2.02. The molecule has 2 aromatic rings. The standard InChI is InChI=1S/C10H12N6/c11-6-2-4-8-16-14-10(13-15-16)9-5-1-3-7-12-9/h1,3,5-7,11H,2,4,8H2. The van der Waals surface area contributed by atoms with Gasteiger partial charge in [0.2, 0.25) is 5.82 Å². The molecule has 0 spiro atoms. The summed E-state index contributed by atoms with van der Waals surface area (Å²) < 4.78 is 0. The van der Waals surface area contributed by atoms with Gasteiger partial charge in [-0.1, -0.05) is 6.07 Å². The molecule has 2 aromatic heterocycles. The molecule has 0 aliphatic heterocycles. The van der Waals surface area contributed by atoms with Gasteiger partial charge in [-0.25, -0.2) is 0 Å². The van der Waals surface area contributed by atoms with Crippen molar-refractivity contribution < 1.29 is 0 Å². The van der Waals surface area contributed by atoms with Crippen LogP contribution in [0.5, 0.6) is 0 Å². The van der Waals surface area contributed by atoms with Crippen molar-refractivity contribution >= 4 is 6.21 Å². The Hall–Kier alpha value is -2.11. The molecule has 0 radical (unpaired) electrons. The molecule has 0 aliphatic rings. The Balaban J connectivity index is 2.05.